The van der Waals surface area contributed by atoms with Gasteiger partial charge in [-0.25, -0.2) is 0 Å². The van der Waals surface area contributed by atoms with E-state index in [-0.39, 0.29) is 11.8 Å². The minimum atomic E-state index is -0.606. The zero-order valence-electron chi connectivity index (χ0n) is 20.6. The molecule has 0 aliphatic carbocycles. The fourth-order valence-corrected chi connectivity index (χ4v) is 5.31. The van der Waals surface area contributed by atoms with Crippen molar-refractivity contribution in [3.05, 3.63) is 104 Å². The fraction of sp³-hybridized carbons (Fsp3) is 0.310. The second-order valence-electron chi connectivity index (χ2n) is 9.12. The summed E-state index contributed by atoms with van der Waals surface area (Å²) in [5, 5.41) is 3.07. The van der Waals surface area contributed by atoms with Gasteiger partial charge < -0.3 is 10.2 Å². The van der Waals surface area contributed by atoms with Crippen molar-refractivity contribution < 1.29 is 9.59 Å². The topological polar surface area (TPSA) is 49.4 Å². The summed E-state index contributed by atoms with van der Waals surface area (Å²) in [6.45, 7) is 5.07. The lowest BCUT2D eigenvalue weighted by atomic mass is 10.0. The van der Waals surface area contributed by atoms with Crippen LogP contribution in [0, 0.1) is 5.92 Å². The molecule has 2 amide bonds. The van der Waals surface area contributed by atoms with E-state index in [2.05, 4.69) is 63.2 Å². The minimum absolute atomic E-state index is 0.0438. The molecule has 0 aliphatic heterocycles. The van der Waals surface area contributed by atoms with Gasteiger partial charge in [-0.1, -0.05) is 100 Å². The van der Waals surface area contributed by atoms with E-state index in [1.807, 2.05) is 66.7 Å². The molecule has 0 fully saturated rings. The van der Waals surface area contributed by atoms with Crippen molar-refractivity contribution in [2.75, 3.05) is 12.3 Å². The molecule has 0 radical (unpaired) electrons. The van der Waals surface area contributed by atoms with Crippen LogP contribution in [-0.4, -0.2) is 35.1 Å². The number of nitrogens with zero attached hydrogens (tertiary/aromatic N) is 1. The smallest absolute Gasteiger partial charge is 0.243 e. The summed E-state index contributed by atoms with van der Waals surface area (Å²) < 4.78 is 1.98. The van der Waals surface area contributed by atoms with Crippen LogP contribution in [0.5, 0.6) is 0 Å². The Morgan fingerprint density at radius 3 is 2.22 bits per heavy atom. The number of hydrogen-bond acceptors (Lipinski definition) is 3. The van der Waals surface area contributed by atoms with Gasteiger partial charge in [-0.2, -0.15) is 0 Å². The summed E-state index contributed by atoms with van der Waals surface area (Å²) in [6, 6.07) is 25.3. The second kappa shape index (κ2) is 14.6. The van der Waals surface area contributed by atoms with Crippen LogP contribution < -0.4 is 5.32 Å². The molecule has 1 atom stereocenters. The van der Waals surface area contributed by atoms with Gasteiger partial charge in [0.1, 0.15) is 6.04 Å². The van der Waals surface area contributed by atoms with Crippen molar-refractivity contribution in [3.8, 4) is 0 Å². The van der Waals surface area contributed by atoms with Crippen LogP contribution in [0.15, 0.2) is 87.8 Å². The number of halogens is 2. The number of amides is 2. The van der Waals surface area contributed by atoms with Crippen molar-refractivity contribution in [2.24, 2.45) is 5.92 Å². The number of hydrogen-bond donors (Lipinski definition) is 1. The first-order chi connectivity index (χ1) is 17.3. The highest BCUT2D eigenvalue weighted by molar-refractivity contribution is 9.10. The van der Waals surface area contributed by atoms with Gasteiger partial charge in [0.15, 0.2) is 0 Å². The molecule has 3 aromatic rings. The second-order valence-corrected chi connectivity index (χ2v) is 11.9. The summed E-state index contributed by atoms with van der Waals surface area (Å²) in [4.78, 5) is 28.9. The van der Waals surface area contributed by atoms with Gasteiger partial charge in [0.2, 0.25) is 11.8 Å². The maximum Gasteiger partial charge on any atom is 0.243 e. The Labute approximate surface area is 235 Å². The van der Waals surface area contributed by atoms with E-state index in [0.29, 0.717) is 31.2 Å². The van der Waals surface area contributed by atoms with Gasteiger partial charge in [0.05, 0.1) is 5.75 Å². The molecule has 0 spiro atoms. The van der Waals surface area contributed by atoms with Crippen molar-refractivity contribution in [3.63, 3.8) is 0 Å². The largest absolute Gasteiger partial charge is 0.354 e. The van der Waals surface area contributed by atoms with Crippen LogP contribution in [-0.2, 0) is 28.3 Å². The molecular weight excluding hydrogens is 600 g/mol. The minimum Gasteiger partial charge on any atom is -0.354 e. The Hall–Kier alpha value is -2.09. The van der Waals surface area contributed by atoms with E-state index in [1.54, 1.807) is 16.7 Å². The van der Waals surface area contributed by atoms with Crippen LogP contribution in [0.1, 0.15) is 30.5 Å². The van der Waals surface area contributed by atoms with Crippen molar-refractivity contribution >= 4 is 55.4 Å². The monoisotopic (exact) mass is 630 g/mol. The fourth-order valence-electron chi connectivity index (χ4n) is 3.73. The number of nitrogens with one attached hydrogen (secondary N) is 1. The molecule has 3 aromatic carbocycles. The average molecular weight is 632 g/mol. The number of thioether (sulfide) groups is 1. The van der Waals surface area contributed by atoms with E-state index in [1.165, 1.54) is 0 Å². The molecule has 0 aromatic heterocycles. The molecule has 36 heavy (non-hydrogen) atoms. The molecule has 190 valence electrons. The highest BCUT2D eigenvalue weighted by Crippen LogP contribution is 2.21. The Bertz CT molecular complexity index is 1120. The molecule has 0 saturated carbocycles. The Morgan fingerprint density at radius 1 is 0.861 bits per heavy atom. The molecule has 1 N–H and O–H groups in total. The first-order valence-corrected chi connectivity index (χ1v) is 14.7. The summed E-state index contributed by atoms with van der Waals surface area (Å²) >= 11 is 8.56. The molecule has 7 heteroatoms. The zero-order chi connectivity index (χ0) is 25.9. The standard InChI is InChI=1S/C29H32Br2N2O2S/c1-21(2)17-32-29(35)27(16-22-7-4-3-5-8-22)33(18-24-9-6-10-26(31)15-24)28(34)20-36-19-23-11-13-25(30)14-12-23/h3-15,21,27H,16-20H2,1-2H3,(H,32,35)/t27-/m0/s1. The summed E-state index contributed by atoms with van der Waals surface area (Å²) in [7, 11) is 0. The molecular formula is C29H32Br2N2O2S. The third-order valence-electron chi connectivity index (χ3n) is 5.61. The predicted molar refractivity (Wildman–Crippen MR) is 157 cm³/mol. The first kappa shape index (κ1) is 28.5. The lowest BCUT2D eigenvalue weighted by Gasteiger charge is -2.32. The SMILES string of the molecule is CC(C)CNC(=O)[C@H](Cc1ccccc1)N(Cc1cccc(Br)c1)C(=O)CSCc1ccc(Br)cc1. The molecule has 0 saturated heterocycles. The molecule has 0 unspecified atom stereocenters. The van der Waals surface area contributed by atoms with Crippen LogP contribution >= 0.6 is 43.6 Å². The third kappa shape index (κ3) is 9.41. The summed E-state index contributed by atoms with van der Waals surface area (Å²) in [5.74, 6) is 1.19. The average Bonchev–Trinajstić information content (AvgIpc) is 2.86. The number of carbonyl (C=O) groups is 2. The maximum absolute atomic E-state index is 13.7. The lowest BCUT2D eigenvalue weighted by Crippen LogP contribution is -2.51. The lowest BCUT2D eigenvalue weighted by molar-refractivity contribution is -0.139. The number of carbonyl (C=O) groups excluding carboxylic acids is 2. The van der Waals surface area contributed by atoms with Crippen molar-refractivity contribution in [1.29, 1.82) is 0 Å². The predicted octanol–water partition coefficient (Wildman–Crippen LogP) is 6.86. The Morgan fingerprint density at radius 2 is 1.56 bits per heavy atom. The Balaban J connectivity index is 1.83. The van der Waals surface area contributed by atoms with Crippen LogP contribution in [0.25, 0.3) is 0 Å². The highest BCUT2D eigenvalue weighted by Gasteiger charge is 2.30. The van der Waals surface area contributed by atoms with E-state index in [9.17, 15) is 9.59 Å². The van der Waals surface area contributed by atoms with E-state index >= 15 is 0 Å². The highest BCUT2D eigenvalue weighted by atomic mass is 79.9. The van der Waals surface area contributed by atoms with Crippen LogP contribution in [0.4, 0.5) is 0 Å². The van der Waals surface area contributed by atoms with E-state index in [4.69, 9.17) is 0 Å². The zero-order valence-corrected chi connectivity index (χ0v) is 24.6. The van der Waals surface area contributed by atoms with Crippen LogP contribution in [0.3, 0.4) is 0 Å². The number of benzene rings is 3. The number of rotatable bonds is 12. The third-order valence-corrected chi connectivity index (χ3v) is 7.62. The van der Waals surface area contributed by atoms with Gasteiger partial charge >= 0.3 is 0 Å². The van der Waals surface area contributed by atoms with E-state index in [0.717, 1.165) is 31.4 Å². The molecule has 0 heterocycles. The van der Waals surface area contributed by atoms with Crippen LogP contribution in [0.2, 0.25) is 0 Å². The first-order valence-electron chi connectivity index (χ1n) is 12.0. The Kier molecular flexibility index (Phi) is 11.5. The van der Waals surface area contributed by atoms with Gasteiger partial charge in [-0.15, -0.1) is 11.8 Å². The molecule has 0 aliphatic rings. The van der Waals surface area contributed by atoms with E-state index < -0.39 is 6.04 Å². The summed E-state index contributed by atoms with van der Waals surface area (Å²) in [6.07, 6.45) is 0.460. The summed E-state index contributed by atoms with van der Waals surface area (Å²) in [5.41, 5.74) is 3.16. The molecule has 3 rings (SSSR count). The maximum atomic E-state index is 13.7. The van der Waals surface area contributed by atoms with Gasteiger partial charge in [0.25, 0.3) is 0 Å². The molecule has 0 bridgehead atoms. The van der Waals surface area contributed by atoms with Gasteiger partial charge in [-0.05, 0) is 46.9 Å². The molecule has 4 nitrogen and oxygen atoms in total. The van der Waals surface area contributed by atoms with Gasteiger partial charge in [0, 0.05) is 34.2 Å². The van der Waals surface area contributed by atoms with Crippen molar-refractivity contribution in [2.45, 2.75) is 38.6 Å². The van der Waals surface area contributed by atoms with Crippen molar-refractivity contribution in [1.82, 2.24) is 10.2 Å². The normalized spacial score (nSPS) is 11.8. The van der Waals surface area contributed by atoms with Gasteiger partial charge in [-0.3, -0.25) is 9.59 Å². The quantitative estimate of drug-likeness (QED) is 0.238.